The van der Waals surface area contributed by atoms with Gasteiger partial charge in [-0.05, 0) is 199 Å². The molecule has 0 atom stereocenters. The molecule has 1 amide bonds. The van der Waals surface area contributed by atoms with Crippen LogP contribution in [0.25, 0.3) is 22.8 Å². The Balaban J connectivity index is 0.000000166. The molecule has 2 aromatic heterocycles. The van der Waals surface area contributed by atoms with E-state index in [0.717, 1.165) is 127 Å². The van der Waals surface area contributed by atoms with Crippen LogP contribution in [0.2, 0.25) is 0 Å². The number of hydrogen-bond acceptors (Lipinski definition) is 7. The zero-order valence-electron chi connectivity index (χ0n) is 39.8. The largest absolute Gasteiger partial charge is 0.478 e. The highest BCUT2D eigenvalue weighted by Gasteiger charge is 2.27. The molecule has 4 heterocycles. The Hall–Kier alpha value is -6.53. The number of carbonyl (C=O) groups is 2. The number of rotatable bonds is 6. The maximum absolute atomic E-state index is 13.5. The monoisotopic (exact) mass is 930 g/mol. The van der Waals surface area contributed by atoms with E-state index in [0.29, 0.717) is 23.0 Å². The van der Waals surface area contributed by atoms with E-state index in [-0.39, 0.29) is 18.3 Å². The highest BCUT2D eigenvalue weighted by atomic mass is 35.5. The highest BCUT2D eigenvalue weighted by molar-refractivity contribution is 5.97. The molecule has 10 rings (SSSR count). The van der Waals surface area contributed by atoms with Crippen molar-refractivity contribution in [1.82, 2.24) is 30.2 Å². The zero-order valence-corrected chi connectivity index (χ0v) is 40.6. The number of piperidine rings is 2. The number of nitriles is 2. The van der Waals surface area contributed by atoms with Crippen molar-refractivity contribution in [3.8, 4) is 34.9 Å². The average molecular weight is 932 g/mol. The molecular weight excluding hydrogens is 868 g/mol. The van der Waals surface area contributed by atoms with E-state index in [1.807, 2.05) is 62.1 Å². The molecule has 2 saturated heterocycles. The number of nitrogens with one attached hydrogen (secondary N) is 3. The lowest BCUT2D eigenvalue weighted by atomic mass is 9.88. The summed E-state index contributed by atoms with van der Waals surface area (Å²) < 4.78 is 0. The first kappa shape index (κ1) is 49.4. The Morgan fingerprint density at radius 3 is 1.47 bits per heavy atom. The van der Waals surface area contributed by atoms with Crippen LogP contribution in [-0.4, -0.2) is 68.0 Å². The molecule has 0 unspecified atom stereocenters. The van der Waals surface area contributed by atoms with Gasteiger partial charge in [0.15, 0.2) is 0 Å². The van der Waals surface area contributed by atoms with Crippen LogP contribution in [0.4, 0.5) is 0 Å². The number of aromatic nitrogens is 4. The van der Waals surface area contributed by atoms with Crippen molar-refractivity contribution in [2.75, 3.05) is 26.2 Å². The fourth-order valence-electron chi connectivity index (χ4n) is 10.2. The van der Waals surface area contributed by atoms with E-state index in [4.69, 9.17) is 15.5 Å². The topological polar surface area (TPSA) is 175 Å². The number of benzene rings is 4. The third-order valence-electron chi connectivity index (χ3n) is 14.2. The van der Waals surface area contributed by atoms with Crippen molar-refractivity contribution in [3.05, 3.63) is 151 Å². The summed E-state index contributed by atoms with van der Waals surface area (Å²) in [5, 5.41) is 30.3. The molecule has 0 spiro atoms. The van der Waals surface area contributed by atoms with Gasteiger partial charge < -0.3 is 25.3 Å². The van der Waals surface area contributed by atoms with Crippen molar-refractivity contribution in [3.63, 3.8) is 0 Å². The Morgan fingerprint density at radius 2 is 1.03 bits per heavy atom. The number of nitrogens with zero attached hydrogens (tertiary/aromatic N) is 5. The number of aryl methyl sites for hydroxylation is 8. The van der Waals surface area contributed by atoms with Crippen molar-refractivity contribution in [2.45, 2.75) is 117 Å². The van der Waals surface area contributed by atoms with Gasteiger partial charge in [0, 0.05) is 41.2 Å². The number of carboxylic acids is 1. The molecule has 4 aliphatic rings. The summed E-state index contributed by atoms with van der Waals surface area (Å²) in [6.07, 6.45) is 13.3. The quantitative estimate of drug-likeness (QED) is 0.128. The van der Waals surface area contributed by atoms with Gasteiger partial charge in [0.05, 0.1) is 40.2 Å². The van der Waals surface area contributed by atoms with Crippen LogP contribution < -0.4 is 5.32 Å². The number of H-pyrrole nitrogens is 2. The molecule has 68 heavy (non-hydrogen) atoms. The fourth-order valence-corrected chi connectivity index (χ4v) is 10.2. The number of hydrogen-bond donors (Lipinski definition) is 4. The standard InChI is InChI=1S/C28H30N4O.C16H18N2O2.C12H14N2.ClH/c1-18-15-19(2)24(16-23(18)27-30-25-5-3-4-6-26(25)31-27)28(33)32-13-11-22(12-14-32)21-9-7-20(17-29)8-10-21;1-9-7-10(2)12(16(19)20)8-11(9)15-17-13-5-3-4-6-14(13)18-15;13-9-10-1-3-11(4-2-10)12-5-7-14-8-6-12;/h7-10,15-16,22H,3-6,11-14H2,1-2H3,(H,30,31);7-8H,3-6H2,1-2H3,(H,17,18)(H,19,20);1-4,12,14H,5-8H2;1H. The van der Waals surface area contributed by atoms with Gasteiger partial charge in [-0.15, -0.1) is 12.4 Å². The minimum atomic E-state index is -0.889. The summed E-state index contributed by atoms with van der Waals surface area (Å²) in [6, 6.07) is 28.0. The predicted molar refractivity (Wildman–Crippen MR) is 270 cm³/mol. The lowest BCUT2D eigenvalue weighted by Gasteiger charge is -2.32. The Kier molecular flexibility index (Phi) is 16.3. The summed E-state index contributed by atoms with van der Waals surface area (Å²) >= 11 is 0. The fraction of sp³-hybridized carbons (Fsp3) is 0.393. The molecular formula is C56H63ClN8O3. The molecule has 11 nitrogen and oxygen atoms in total. The lowest BCUT2D eigenvalue weighted by Crippen LogP contribution is -2.38. The SMILES string of the molecule is Cc1cc(C)c(-c2nc3c([nH]2)CCCC3)cc1C(=O)N1CCC(c2ccc(C#N)cc2)CC1.Cc1cc(C)c(-c2nc3c([nH]2)CCCC3)cc1C(=O)O.Cl.N#Cc1ccc(C2CCNCC2)cc1. The number of aromatic carboxylic acids is 1. The van der Waals surface area contributed by atoms with Crippen LogP contribution in [0.15, 0.2) is 72.8 Å². The van der Waals surface area contributed by atoms with Gasteiger partial charge in [0.25, 0.3) is 5.91 Å². The molecule has 352 valence electrons. The van der Waals surface area contributed by atoms with Gasteiger partial charge >= 0.3 is 5.97 Å². The number of aromatic amines is 2. The van der Waals surface area contributed by atoms with Crippen LogP contribution in [0.3, 0.4) is 0 Å². The number of likely N-dealkylation sites (tertiary alicyclic amines) is 1. The molecule has 2 aliphatic carbocycles. The van der Waals surface area contributed by atoms with Crippen LogP contribution in [-0.2, 0) is 25.7 Å². The van der Waals surface area contributed by atoms with E-state index >= 15 is 0 Å². The molecule has 2 aliphatic heterocycles. The van der Waals surface area contributed by atoms with E-state index in [9.17, 15) is 14.7 Å². The number of imidazole rings is 2. The maximum atomic E-state index is 13.5. The molecule has 6 aromatic rings. The zero-order chi connectivity index (χ0) is 47.0. The smallest absolute Gasteiger partial charge is 0.335 e. The van der Waals surface area contributed by atoms with Gasteiger partial charge in [0.1, 0.15) is 11.6 Å². The summed E-state index contributed by atoms with van der Waals surface area (Å²) in [7, 11) is 0. The second-order valence-electron chi connectivity index (χ2n) is 18.8. The van der Waals surface area contributed by atoms with E-state index in [2.05, 4.69) is 69.7 Å². The second-order valence-corrected chi connectivity index (χ2v) is 18.8. The van der Waals surface area contributed by atoms with E-state index in [1.54, 1.807) is 6.07 Å². The first-order chi connectivity index (χ1) is 32.5. The van der Waals surface area contributed by atoms with Gasteiger partial charge in [-0.2, -0.15) is 10.5 Å². The summed E-state index contributed by atoms with van der Waals surface area (Å²) in [4.78, 5) is 43.2. The van der Waals surface area contributed by atoms with Gasteiger partial charge in [-0.25, -0.2) is 14.8 Å². The van der Waals surface area contributed by atoms with Crippen molar-refractivity contribution in [1.29, 1.82) is 10.5 Å². The molecule has 0 bridgehead atoms. The molecule has 4 aromatic carbocycles. The number of fused-ring (bicyclic) bond motifs is 2. The lowest BCUT2D eigenvalue weighted by molar-refractivity contribution is 0.0692. The summed E-state index contributed by atoms with van der Waals surface area (Å²) in [5.41, 5.74) is 15.9. The number of halogens is 1. The minimum Gasteiger partial charge on any atom is -0.478 e. The number of carboxylic acid groups (broad SMARTS) is 1. The first-order valence-corrected chi connectivity index (χ1v) is 24.1. The van der Waals surface area contributed by atoms with Crippen molar-refractivity contribution in [2.24, 2.45) is 0 Å². The second kappa shape index (κ2) is 22.5. The summed E-state index contributed by atoms with van der Waals surface area (Å²) in [5.74, 6) is 2.04. The van der Waals surface area contributed by atoms with Gasteiger partial charge in [-0.3, -0.25) is 4.79 Å². The molecule has 0 radical (unpaired) electrons. The predicted octanol–water partition coefficient (Wildman–Crippen LogP) is 11.2. The van der Waals surface area contributed by atoms with E-state index < -0.39 is 5.97 Å². The number of carbonyl (C=O) groups excluding carboxylic acids is 1. The Labute approximate surface area is 406 Å². The first-order valence-electron chi connectivity index (χ1n) is 24.1. The van der Waals surface area contributed by atoms with Gasteiger partial charge in [-0.1, -0.05) is 36.4 Å². The molecule has 2 fully saturated rings. The summed E-state index contributed by atoms with van der Waals surface area (Å²) in [6.45, 7) is 11.7. The molecule has 0 saturated carbocycles. The van der Waals surface area contributed by atoms with Crippen LogP contribution in [0.5, 0.6) is 0 Å². The minimum absolute atomic E-state index is 0. The highest BCUT2D eigenvalue weighted by Crippen LogP contribution is 2.33. The Bertz CT molecular complexity index is 2770. The van der Waals surface area contributed by atoms with Crippen LogP contribution >= 0.6 is 12.4 Å². The third-order valence-corrected chi connectivity index (χ3v) is 14.2. The van der Waals surface area contributed by atoms with Crippen LogP contribution in [0, 0.1) is 50.4 Å². The molecule has 4 N–H and O–H groups in total. The van der Waals surface area contributed by atoms with E-state index in [1.165, 1.54) is 66.7 Å². The number of amides is 1. The van der Waals surface area contributed by atoms with Gasteiger partial charge in [0.2, 0.25) is 0 Å². The third kappa shape index (κ3) is 11.4. The normalized spacial score (nSPS) is 15.7. The maximum Gasteiger partial charge on any atom is 0.335 e. The van der Waals surface area contributed by atoms with Crippen molar-refractivity contribution >= 4 is 24.3 Å². The van der Waals surface area contributed by atoms with Crippen molar-refractivity contribution < 1.29 is 14.7 Å². The average Bonchev–Trinajstić information content (AvgIpc) is 4.00. The van der Waals surface area contributed by atoms with Crippen LogP contribution in [0.1, 0.15) is 151 Å². The Morgan fingerprint density at radius 1 is 0.603 bits per heavy atom. The molecule has 12 heteroatoms.